The Morgan fingerprint density at radius 1 is 0.969 bits per heavy atom. The van der Waals surface area contributed by atoms with Gasteiger partial charge < -0.3 is 19.3 Å². The largest absolute Gasteiger partial charge is 0.493 e. The first-order chi connectivity index (χ1) is 15.4. The average molecular weight is 431 g/mol. The maximum absolute atomic E-state index is 13.0. The third-order valence-electron chi connectivity index (χ3n) is 6.03. The molecule has 0 saturated carbocycles. The summed E-state index contributed by atoms with van der Waals surface area (Å²) in [5.41, 5.74) is 4.35. The van der Waals surface area contributed by atoms with Crippen LogP contribution in [0.2, 0.25) is 0 Å². The van der Waals surface area contributed by atoms with Crippen LogP contribution in [-0.2, 0) is 0 Å². The fourth-order valence-corrected chi connectivity index (χ4v) is 4.03. The average Bonchev–Trinajstić information content (AvgIpc) is 2.83. The molecule has 1 saturated heterocycles. The summed E-state index contributed by atoms with van der Waals surface area (Å²) in [6, 6.07) is 13.5. The second-order valence-electron chi connectivity index (χ2n) is 7.95. The SMILES string of the molecule is COc1ccc(C(=O)N2CCN(c3nc4cc(C)c(C)cc4cc3C#N)CC2)cc1OC. The molecule has 2 heterocycles. The first kappa shape index (κ1) is 21.4. The lowest BCUT2D eigenvalue weighted by Crippen LogP contribution is -2.49. The van der Waals surface area contributed by atoms with Gasteiger partial charge in [-0.2, -0.15) is 5.26 Å². The zero-order chi connectivity index (χ0) is 22.8. The van der Waals surface area contributed by atoms with Crippen LogP contribution >= 0.6 is 0 Å². The van der Waals surface area contributed by atoms with Crippen molar-refractivity contribution < 1.29 is 14.3 Å². The predicted molar refractivity (Wildman–Crippen MR) is 124 cm³/mol. The van der Waals surface area contributed by atoms with Crippen LogP contribution in [-0.4, -0.2) is 56.2 Å². The van der Waals surface area contributed by atoms with Crippen LogP contribution in [0.15, 0.2) is 36.4 Å². The van der Waals surface area contributed by atoms with Crippen LogP contribution in [0.5, 0.6) is 11.5 Å². The van der Waals surface area contributed by atoms with E-state index in [1.54, 1.807) is 32.4 Å². The lowest BCUT2D eigenvalue weighted by atomic mass is 10.0. The zero-order valence-corrected chi connectivity index (χ0v) is 18.8. The number of carbonyl (C=O) groups is 1. The molecule has 32 heavy (non-hydrogen) atoms. The van der Waals surface area contributed by atoms with Gasteiger partial charge in [0.1, 0.15) is 11.9 Å². The van der Waals surface area contributed by atoms with E-state index in [1.165, 1.54) is 11.1 Å². The van der Waals surface area contributed by atoms with Gasteiger partial charge in [-0.1, -0.05) is 0 Å². The number of rotatable bonds is 4. The van der Waals surface area contributed by atoms with Crippen molar-refractivity contribution in [2.45, 2.75) is 13.8 Å². The third kappa shape index (κ3) is 3.92. The van der Waals surface area contributed by atoms with Gasteiger partial charge >= 0.3 is 0 Å². The Labute approximate surface area is 187 Å². The Bertz CT molecular complexity index is 1220. The number of carbonyl (C=O) groups excluding carboxylic acids is 1. The summed E-state index contributed by atoms with van der Waals surface area (Å²) in [7, 11) is 3.12. The van der Waals surface area contributed by atoms with E-state index < -0.39 is 0 Å². The van der Waals surface area contributed by atoms with Crippen LogP contribution in [0.4, 0.5) is 5.82 Å². The number of nitrogens with zero attached hydrogens (tertiary/aromatic N) is 4. The molecule has 2 aromatic carbocycles. The summed E-state index contributed by atoms with van der Waals surface area (Å²) in [4.78, 5) is 21.7. The minimum absolute atomic E-state index is 0.0521. The summed E-state index contributed by atoms with van der Waals surface area (Å²) in [5.74, 6) is 1.75. The molecule has 0 spiro atoms. The Balaban J connectivity index is 1.53. The fourth-order valence-electron chi connectivity index (χ4n) is 4.03. The highest BCUT2D eigenvalue weighted by Gasteiger charge is 2.25. The van der Waals surface area contributed by atoms with E-state index >= 15 is 0 Å². The number of aromatic nitrogens is 1. The minimum Gasteiger partial charge on any atom is -0.493 e. The fraction of sp³-hybridized carbons (Fsp3) is 0.320. The molecule has 1 amide bonds. The van der Waals surface area contributed by atoms with Crippen LogP contribution in [0, 0.1) is 25.2 Å². The summed E-state index contributed by atoms with van der Waals surface area (Å²) in [5, 5.41) is 10.7. The van der Waals surface area contributed by atoms with Crippen molar-refractivity contribution in [3.8, 4) is 17.6 Å². The van der Waals surface area contributed by atoms with Gasteiger partial charge in [-0.15, -0.1) is 0 Å². The summed E-state index contributed by atoms with van der Waals surface area (Å²) in [6.45, 7) is 6.43. The van der Waals surface area contributed by atoms with Gasteiger partial charge in [-0.3, -0.25) is 4.79 Å². The monoisotopic (exact) mass is 430 g/mol. The molecule has 3 aromatic rings. The lowest BCUT2D eigenvalue weighted by molar-refractivity contribution is 0.0746. The van der Waals surface area contributed by atoms with Crippen molar-refractivity contribution in [1.29, 1.82) is 5.26 Å². The van der Waals surface area contributed by atoms with Crippen molar-refractivity contribution in [3.05, 3.63) is 58.7 Å². The lowest BCUT2D eigenvalue weighted by Gasteiger charge is -2.36. The molecule has 1 fully saturated rings. The van der Waals surface area contributed by atoms with E-state index in [-0.39, 0.29) is 5.91 Å². The molecule has 1 aromatic heterocycles. The van der Waals surface area contributed by atoms with Crippen LogP contribution < -0.4 is 14.4 Å². The molecule has 1 aliphatic heterocycles. The smallest absolute Gasteiger partial charge is 0.254 e. The number of aryl methyl sites for hydroxylation is 2. The van der Waals surface area contributed by atoms with Crippen molar-refractivity contribution in [3.63, 3.8) is 0 Å². The molecule has 7 nitrogen and oxygen atoms in total. The second-order valence-corrected chi connectivity index (χ2v) is 7.95. The highest BCUT2D eigenvalue weighted by Crippen LogP contribution is 2.29. The van der Waals surface area contributed by atoms with Crippen molar-refractivity contribution >= 4 is 22.6 Å². The quantitative estimate of drug-likeness (QED) is 0.628. The van der Waals surface area contributed by atoms with Gasteiger partial charge in [0.25, 0.3) is 5.91 Å². The molecule has 0 unspecified atom stereocenters. The number of pyridine rings is 1. The highest BCUT2D eigenvalue weighted by molar-refractivity contribution is 5.95. The molecule has 164 valence electrons. The molecular formula is C25H26N4O3. The van der Waals surface area contributed by atoms with Gasteiger partial charge in [-0.25, -0.2) is 4.98 Å². The van der Waals surface area contributed by atoms with E-state index in [1.807, 2.05) is 11.0 Å². The number of fused-ring (bicyclic) bond motifs is 1. The van der Waals surface area contributed by atoms with Crippen molar-refractivity contribution in [1.82, 2.24) is 9.88 Å². The third-order valence-corrected chi connectivity index (χ3v) is 6.03. The van der Waals surface area contributed by atoms with E-state index in [2.05, 4.69) is 36.9 Å². The Morgan fingerprint density at radius 3 is 2.31 bits per heavy atom. The molecule has 0 N–H and O–H groups in total. The van der Waals surface area contributed by atoms with E-state index in [9.17, 15) is 10.1 Å². The van der Waals surface area contributed by atoms with Crippen LogP contribution in [0.25, 0.3) is 10.9 Å². The Hall–Kier alpha value is -3.79. The van der Waals surface area contributed by atoms with Gasteiger partial charge in [-0.05, 0) is 61.4 Å². The standard InChI is InChI=1S/C25H26N4O3/c1-16-11-19-13-20(15-26)24(27-21(19)12-17(16)2)28-7-9-29(10-8-28)25(30)18-5-6-22(31-3)23(14-18)32-4/h5-6,11-14H,7-10H2,1-4H3. The number of hydrogen-bond donors (Lipinski definition) is 0. The molecule has 0 aliphatic carbocycles. The molecule has 0 radical (unpaired) electrons. The first-order valence-electron chi connectivity index (χ1n) is 10.5. The van der Waals surface area contributed by atoms with Crippen molar-refractivity contribution in [2.75, 3.05) is 45.3 Å². The maximum Gasteiger partial charge on any atom is 0.254 e. The molecule has 1 aliphatic rings. The van der Waals surface area contributed by atoms with E-state index in [4.69, 9.17) is 14.5 Å². The maximum atomic E-state index is 13.0. The summed E-state index contributed by atoms with van der Waals surface area (Å²) in [6.07, 6.45) is 0. The molecule has 7 heteroatoms. The minimum atomic E-state index is -0.0521. The number of benzene rings is 2. The Morgan fingerprint density at radius 2 is 1.66 bits per heavy atom. The zero-order valence-electron chi connectivity index (χ0n) is 18.8. The highest BCUT2D eigenvalue weighted by atomic mass is 16.5. The number of nitriles is 1. The summed E-state index contributed by atoms with van der Waals surface area (Å²) < 4.78 is 10.6. The van der Waals surface area contributed by atoms with Gasteiger partial charge in [0.05, 0.1) is 25.3 Å². The first-order valence-corrected chi connectivity index (χ1v) is 10.5. The number of amides is 1. The van der Waals surface area contributed by atoms with Gasteiger partial charge in [0, 0.05) is 37.1 Å². The van der Waals surface area contributed by atoms with Crippen LogP contribution in [0.1, 0.15) is 27.0 Å². The van der Waals surface area contributed by atoms with E-state index in [0.29, 0.717) is 54.6 Å². The topological polar surface area (TPSA) is 78.7 Å². The number of methoxy groups -OCH3 is 2. The van der Waals surface area contributed by atoms with Crippen LogP contribution in [0.3, 0.4) is 0 Å². The second kappa shape index (κ2) is 8.75. The number of hydrogen-bond acceptors (Lipinski definition) is 6. The number of ether oxygens (including phenoxy) is 2. The molecule has 0 atom stereocenters. The molecular weight excluding hydrogens is 404 g/mol. The van der Waals surface area contributed by atoms with Gasteiger partial charge in [0.2, 0.25) is 0 Å². The van der Waals surface area contributed by atoms with Crippen molar-refractivity contribution in [2.24, 2.45) is 0 Å². The van der Waals surface area contributed by atoms with Gasteiger partial charge in [0.15, 0.2) is 11.5 Å². The summed E-state index contributed by atoms with van der Waals surface area (Å²) >= 11 is 0. The molecule has 4 rings (SSSR count). The predicted octanol–water partition coefficient (Wildman–Crippen LogP) is 3.70. The Kier molecular flexibility index (Phi) is 5.87. The normalized spacial score (nSPS) is 13.7. The molecule has 0 bridgehead atoms. The number of anilines is 1. The number of piperazine rings is 1. The van der Waals surface area contributed by atoms with E-state index in [0.717, 1.165) is 10.9 Å².